The summed E-state index contributed by atoms with van der Waals surface area (Å²) in [7, 11) is -0.916. The molecule has 0 aromatic heterocycles. The highest BCUT2D eigenvalue weighted by Gasteiger charge is 2.24. The Bertz CT molecular complexity index is 281. The van der Waals surface area contributed by atoms with Gasteiger partial charge in [-0.2, -0.15) is 0 Å². The lowest BCUT2D eigenvalue weighted by Crippen LogP contribution is -2.26. The van der Waals surface area contributed by atoms with Crippen LogP contribution < -0.4 is 10.6 Å². The average Bonchev–Trinajstić information content (AvgIpc) is 2.30. The molecule has 13 heavy (non-hydrogen) atoms. The fourth-order valence-electron chi connectivity index (χ4n) is 0.725. The van der Waals surface area contributed by atoms with E-state index in [1.165, 1.54) is 0 Å². The number of rotatable bonds is 3. The maximum Gasteiger partial charge on any atom is 0.316 e. The van der Waals surface area contributed by atoms with E-state index in [4.69, 9.17) is 0 Å². The Kier molecular flexibility index (Phi) is 3.13. The third kappa shape index (κ3) is 2.94. The van der Waals surface area contributed by atoms with Gasteiger partial charge in [0.15, 0.2) is 0 Å². The summed E-state index contributed by atoms with van der Waals surface area (Å²) in [5, 5.41) is 4.46. The molecule has 1 rings (SSSR count). The third-order valence-corrected chi connectivity index (χ3v) is 2.08. The molecule has 0 bridgehead atoms. The molecule has 0 aromatic rings. The van der Waals surface area contributed by atoms with Crippen LogP contribution in [0.3, 0.4) is 0 Å². The largest absolute Gasteiger partial charge is 0.316 e. The first-order chi connectivity index (χ1) is 6.09. The number of hydrogen-bond donors (Lipinski definition) is 2. The predicted molar refractivity (Wildman–Crippen MR) is 47.5 cm³/mol. The van der Waals surface area contributed by atoms with Crippen molar-refractivity contribution in [3.63, 3.8) is 0 Å². The Morgan fingerprint density at radius 1 is 1.31 bits per heavy atom. The van der Waals surface area contributed by atoms with Gasteiger partial charge in [0.1, 0.15) is 0 Å². The number of amides is 2. The molecule has 2 amide bonds. The first kappa shape index (κ1) is 9.85. The van der Waals surface area contributed by atoms with Crippen molar-refractivity contribution in [2.75, 3.05) is 18.6 Å². The van der Waals surface area contributed by atoms with E-state index < -0.39 is 22.6 Å². The Morgan fingerprint density at radius 3 is 2.31 bits per heavy atom. The van der Waals surface area contributed by atoms with Crippen LogP contribution in [-0.4, -0.2) is 40.5 Å². The molecule has 1 atom stereocenters. The fourth-order valence-corrected chi connectivity index (χ4v) is 1.07. The van der Waals surface area contributed by atoms with Crippen LogP contribution in [0, 0.1) is 0 Å². The van der Waals surface area contributed by atoms with E-state index >= 15 is 0 Å². The number of aliphatic imine (C=N–C) groups is 1. The molecule has 1 heterocycles. The number of nitrogens with one attached hydrogen (secondary N) is 2. The summed E-state index contributed by atoms with van der Waals surface area (Å²) in [5.41, 5.74) is 0. The Hall–Kier alpha value is -1.24. The van der Waals surface area contributed by atoms with Crippen molar-refractivity contribution in [2.24, 2.45) is 4.99 Å². The van der Waals surface area contributed by atoms with E-state index in [1.807, 2.05) is 0 Å². The second kappa shape index (κ2) is 4.13. The summed E-state index contributed by atoms with van der Waals surface area (Å²) in [6.07, 6.45) is 1.56. The minimum absolute atomic E-state index is 0.139. The average molecular weight is 203 g/mol. The third-order valence-electron chi connectivity index (χ3n) is 1.32. The van der Waals surface area contributed by atoms with Gasteiger partial charge < -0.3 is 0 Å². The number of carbonyl (C=O) groups excluding carboxylic acids is 2. The zero-order chi connectivity index (χ0) is 9.84. The molecule has 2 N–H and O–H groups in total. The van der Waals surface area contributed by atoms with E-state index in [2.05, 4.69) is 15.6 Å². The molecule has 0 aliphatic carbocycles. The van der Waals surface area contributed by atoms with Crippen molar-refractivity contribution in [1.29, 1.82) is 0 Å². The summed E-state index contributed by atoms with van der Waals surface area (Å²) < 4.78 is 10.6. The normalized spacial score (nSPS) is 18.1. The van der Waals surface area contributed by atoms with Gasteiger partial charge in [0, 0.05) is 22.8 Å². The van der Waals surface area contributed by atoms with Gasteiger partial charge in [0.05, 0.1) is 6.54 Å². The standard InChI is InChI=1S/C6H9N3O3S/c1-13(12)3-2-7-6-8-4(10)5(11)9-6/h2-3H2,1H3,(H2,7,8,9,10,11). The monoisotopic (exact) mass is 203 g/mol. The van der Waals surface area contributed by atoms with Crippen molar-refractivity contribution in [3.05, 3.63) is 0 Å². The lowest BCUT2D eigenvalue weighted by Gasteiger charge is -1.94. The lowest BCUT2D eigenvalue weighted by atomic mass is 10.6. The Morgan fingerprint density at radius 2 is 1.85 bits per heavy atom. The van der Waals surface area contributed by atoms with Crippen LogP contribution in [0.25, 0.3) is 0 Å². The molecule has 0 aromatic carbocycles. The van der Waals surface area contributed by atoms with Crippen molar-refractivity contribution in [3.8, 4) is 0 Å². The first-order valence-corrected chi connectivity index (χ1v) is 5.29. The predicted octanol–water partition coefficient (Wildman–Crippen LogP) is -2.03. The van der Waals surface area contributed by atoms with Gasteiger partial charge in [-0.15, -0.1) is 0 Å². The van der Waals surface area contributed by atoms with E-state index in [9.17, 15) is 13.8 Å². The van der Waals surface area contributed by atoms with Crippen molar-refractivity contribution >= 4 is 28.6 Å². The van der Waals surface area contributed by atoms with Gasteiger partial charge in [-0.1, -0.05) is 0 Å². The lowest BCUT2D eigenvalue weighted by molar-refractivity contribution is -0.135. The van der Waals surface area contributed by atoms with Crippen LogP contribution in [0.2, 0.25) is 0 Å². The minimum atomic E-state index is -0.916. The smallest absolute Gasteiger partial charge is 0.288 e. The second-order valence-corrected chi connectivity index (χ2v) is 3.97. The molecule has 1 saturated heterocycles. The molecule has 0 radical (unpaired) electrons. The Balaban J connectivity index is 2.41. The molecule has 1 aliphatic heterocycles. The van der Waals surface area contributed by atoms with Gasteiger partial charge in [0.25, 0.3) is 0 Å². The van der Waals surface area contributed by atoms with Crippen LogP contribution >= 0.6 is 0 Å². The first-order valence-electron chi connectivity index (χ1n) is 3.56. The van der Waals surface area contributed by atoms with Crippen LogP contribution in [-0.2, 0) is 20.4 Å². The summed E-state index contributed by atoms with van der Waals surface area (Å²) in [4.78, 5) is 25.1. The molecule has 0 saturated carbocycles. The van der Waals surface area contributed by atoms with Gasteiger partial charge in [0.2, 0.25) is 5.96 Å². The quantitative estimate of drug-likeness (QED) is 0.518. The molecular weight excluding hydrogens is 194 g/mol. The van der Waals surface area contributed by atoms with Crippen LogP contribution in [0.5, 0.6) is 0 Å². The van der Waals surface area contributed by atoms with Crippen LogP contribution in [0.1, 0.15) is 0 Å². The summed E-state index contributed by atoms with van der Waals surface area (Å²) >= 11 is 0. The molecule has 6 nitrogen and oxygen atoms in total. The number of hydrogen-bond acceptors (Lipinski definition) is 4. The number of guanidine groups is 1. The molecule has 1 aliphatic rings. The molecule has 1 unspecified atom stereocenters. The van der Waals surface area contributed by atoms with Gasteiger partial charge in [-0.05, 0) is 0 Å². The van der Waals surface area contributed by atoms with Gasteiger partial charge >= 0.3 is 11.8 Å². The second-order valence-electron chi connectivity index (χ2n) is 2.42. The molecule has 0 spiro atoms. The van der Waals surface area contributed by atoms with E-state index in [-0.39, 0.29) is 5.96 Å². The van der Waals surface area contributed by atoms with E-state index in [0.717, 1.165) is 0 Å². The van der Waals surface area contributed by atoms with Crippen molar-refractivity contribution in [1.82, 2.24) is 10.6 Å². The minimum Gasteiger partial charge on any atom is -0.288 e. The van der Waals surface area contributed by atoms with Crippen molar-refractivity contribution < 1.29 is 13.8 Å². The highest BCUT2D eigenvalue weighted by atomic mass is 32.2. The Labute approximate surface area is 77.3 Å². The maximum atomic E-state index is 10.6. The molecule has 1 fully saturated rings. The van der Waals surface area contributed by atoms with E-state index in [1.54, 1.807) is 6.26 Å². The zero-order valence-electron chi connectivity index (χ0n) is 6.99. The van der Waals surface area contributed by atoms with Gasteiger partial charge in [-0.3, -0.25) is 29.4 Å². The number of carbonyl (C=O) groups is 2. The zero-order valence-corrected chi connectivity index (χ0v) is 7.81. The van der Waals surface area contributed by atoms with Crippen LogP contribution in [0.4, 0.5) is 0 Å². The summed E-state index contributed by atoms with van der Waals surface area (Å²) in [6.45, 7) is 0.318. The summed E-state index contributed by atoms with van der Waals surface area (Å²) in [6, 6.07) is 0. The molecule has 72 valence electrons. The summed E-state index contributed by atoms with van der Waals surface area (Å²) in [5.74, 6) is -0.872. The van der Waals surface area contributed by atoms with Gasteiger partial charge in [-0.25, -0.2) is 0 Å². The molecule has 7 heteroatoms. The fraction of sp³-hybridized carbons (Fsp3) is 0.500. The van der Waals surface area contributed by atoms with E-state index in [0.29, 0.717) is 12.3 Å². The van der Waals surface area contributed by atoms with Crippen LogP contribution in [0.15, 0.2) is 4.99 Å². The SMILES string of the molecule is CS(=O)CCN=C1NC(=O)C(=O)N1. The topological polar surface area (TPSA) is 87.6 Å². The number of nitrogens with zero attached hydrogens (tertiary/aromatic N) is 1. The van der Waals surface area contributed by atoms with Crippen molar-refractivity contribution in [2.45, 2.75) is 0 Å². The highest BCUT2D eigenvalue weighted by Crippen LogP contribution is 1.84. The maximum absolute atomic E-state index is 10.6. The highest BCUT2D eigenvalue weighted by molar-refractivity contribution is 7.84. The molecular formula is C6H9N3O3S.